The first-order valence-corrected chi connectivity index (χ1v) is 7.47. The molecule has 1 aliphatic heterocycles. The van der Waals surface area contributed by atoms with Crippen LogP contribution in [0, 0.1) is 0 Å². The van der Waals surface area contributed by atoms with Crippen LogP contribution >= 0.6 is 24.0 Å². The average molecular weight is 288 g/mol. The van der Waals surface area contributed by atoms with E-state index in [-0.39, 0.29) is 12.1 Å². The molecule has 1 saturated heterocycles. The van der Waals surface area contributed by atoms with E-state index in [1.165, 1.54) is 0 Å². The number of carbonyl (C=O) groups is 1. The van der Waals surface area contributed by atoms with Crippen LogP contribution in [0.1, 0.15) is 39.5 Å². The Hall–Kier alpha value is -0.550. The van der Waals surface area contributed by atoms with E-state index in [4.69, 9.17) is 21.7 Å². The highest BCUT2D eigenvalue weighted by Crippen LogP contribution is 2.27. The summed E-state index contributed by atoms with van der Waals surface area (Å²) in [5.74, 6) is -0.299. The zero-order valence-electron chi connectivity index (χ0n) is 10.9. The molecule has 3 nitrogen and oxygen atoms in total. The number of thiocarbonyl (C=S) groups is 1. The minimum absolute atomic E-state index is 0.0391. The van der Waals surface area contributed by atoms with Crippen LogP contribution in [-0.2, 0) is 14.3 Å². The maximum absolute atomic E-state index is 11.3. The summed E-state index contributed by atoms with van der Waals surface area (Å²) in [7, 11) is 0. The number of hydrogen-bond acceptors (Lipinski definition) is 5. The number of thioether (sulfide) groups is 1. The summed E-state index contributed by atoms with van der Waals surface area (Å²) in [6.45, 7) is 7.88. The Morgan fingerprint density at radius 1 is 1.67 bits per heavy atom. The monoisotopic (exact) mass is 288 g/mol. The van der Waals surface area contributed by atoms with Crippen molar-refractivity contribution in [2.45, 2.75) is 50.9 Å². The van der Waals surface area contributed by atoms with Gasteiger partial charge in [0, 0.05) is 10.8 Å². The smallest absolute Gasteiger partial charge is 0.333 e. The second-order valence-corrected chi connectivity index (χ2v) is 6.48. The number of rotatable bonds is 7. The van der Waals surface area contributed by atoms with Crippen LogP contribution in [0.15, 0.2) is 12.2 Å². The third-order valence-corrected chi connectivity index (χ3v) is 4.12. The molecule has 0 N–H and O–H groups in total. The Morgan fingerprint density at radius 3 is 2.94 bits per heavy atom. The molecule has 0 aliphatic carbocycles. The number of unbranched alkanes of at least 4 members (excludes halogenated alkanes) is 1. The minimum Gasteiger partial charge on any atom is -0.477 e. The Kier molecular flexibility index (Phi) is 6.71. The molecule has 2 atom stereocenters. The van der Waals surface area contributed by atoms with Crippen molar-refractivity contribution in [3.05, 3.63) is 12.2 Å². The van der Waals surface area contributed by atoms with Gasteiger partial charge in [-0.2, -0.15) is 0 Å². The molecule has 2 unspecified atom stereocenters. The molecule has 0 saturated carbocycles. The van der Waals surface area contributed by atoms with E-state index in [1.807, 2.05) is 6.92 Å². The van der Waals surface area contributed by atoms with E-state index in [0.717, 1.165) is 32.3 Å². The predicted molar refractivity (Wildman–Crippen MR) is 78.8 cm³/mol. The van der Waals surface area contributed by atoms with Gasteiger partial charge in [0.2, 0.25) is 4.38 Å². The standard InChI is InChI=1S/C13H20O3S2/c1-9(2)12(14)16-10(3)6-4-5-7-11-8-15-13(17)18-11/h10-11H,1,4-8H2,2-3H3. The van der Waals surface area contributed by atoms with Crippen molar-refractivity contribution in [1.29, 1.82) is 0 Å². The predicted octanol–water partition coefficient (Wildman–Crippen LogP) is 3.47. The lowest BCUT2D eigenvalue weighted by Crippen LogP contribution is -2.15. The lowest BCUT2D eigenvalue weighted by molar-refractivity contribution is -0.143. The van der Waals surface area contributed by atoms with Gasteiger partial charge < -0.3 is 9.47 Å². The third-order valence-electron chi connectivity index (χ3n) is 2.69. The quantitative estimate of drug-likeness (QED) is 0.310. The fourth-order valence-corrected chi connectivity index (χ4v) is 2.96. The highest BCUT2D eigenvalue weighted by molar-refractivity contribution is 8.23. The molecule has 1 aliphatic rings. The molecule has 0 aromatic heterocycles. The van der Waals surface area contributed by atoms with Crippen molar-refractivity contribution in [3.63, 3.8) is 0 Å². The van der Waals surface area contributed by atoms with Crippen molar-refractivity contribution >= 4 is 34.3 Å². The molecule has 102 valence electrons. The van der Waals surface area contributed by atoms with Crippen LogP contribution in [0.3, 0.4) is 0 Å². The summed E-state index contributed by atoms with van der Waals surface area (Å²) in [4.78, 5) is 11.3. The van der Waals surface area contributed by atoms with Gasteiger partial charge in [0.1, 0.15) is 6.61 Å². The zero-order valence-corrected chi connectivity index (χ0v) is 12.6. The van der Waals surface area contributed by atoms with Gasteiger partial charge in [-0.05, 0) is 45.3 Å². The Morgan fingerprint density at radius 2 is 2.39 bits per heavy atom. The van der Waals surface area contributed by atoms with Crippen LogP contribution in [0.2, 0.25) is 0 Å². The maximum atomic E-state index is 11.3. The van der Waals surface area contributed by atoms with Crippen molar-refractivity contribution in [1.82, 2.24) is 0 Å². The Labute approximate surface area is 118 Å². The van der Waals surface area contributed by atoms with E-state index < -0.39 is 0 Å². The normalized spacial score (nSPS) is 20.3. The minimum atomic E-state index is -0.299. The molecule has 0 bridgehead atoms. The van der Waals surface area contributed by atoms with E-state index in [1.54, 1.807) is 18.7 Å². The van der Waals surface area contributed by atoms with Gasteiger partial charge in [0.05, 0.1) is 6.10 Å². The zero-order chi connectivity index (χ0) is 13.5. The van der Waals surface area contributed by atoms with Gasteiger partial charge in [-0.25, -0.2) is 4.79 Å². The van der Waals surface area contributed by atoms with Crippen molar-refractivity contribution < 1.29 is 14.3 Å². The van der Waals surface area contributed by atoms with Crippen LogP contribution in [0.4, 0.5) is 0 Å². The highest BCUT2D eigenvalue weighted by Gasteiger charge is 2.21. The number of ether oxygens (including phenoxy) is 2. The molecule has 1 heterocycles. The molecule has 18 heavy (non-hydrogen) atoms. The van der Waals surface area contributed by atoms with E-state index in [9.17, 15) is 4.79 Å². The second kappa shape index (κ2) is 7.79. The highest BCUT2D eigenvalue weighted by atomic mass is 32.2. The fraction of sp³-hybridized carbons (Fsp3) is 0.692. The third kappa shape index (κ3) is 5.87. The molecular weight excluding hydrogens is 268 g/mol. The summed E-state index contributed by atoms with van der Waals surface area (Å²) in [6, 6.07) is 0. The van der Waals surface area contributed by atoms with E-state index >= 15 is 0 Å². The fourth-order valence-electron chi connectivity index (χ4n) is 1.65. The van der Waals surface area contributed by atoms with Crippen molar-refractivity contribution in [2.24, 2.45) is 0 Å². The first-order valence-electron chi connectivity index (χ1n) is 6.19. The second-order valence-electron chi connectivity index (χ2n) is 4.58. The number of hydrogen-bond donors (Lipinski definition) is 0. The van der Waals surface area contributed by atoms with Crippen molar-refractivity contribution in [3.8, 4) is 0 Å². The van der Waals surface area contributed by atoms with Crippen LogP contribution in [0.5, 0.6) is 0 Å². The van der Waals surface area contributed by atoms with E-state index in [0.29, 0.717) is 15.2 Å². The summed E-state index contributed by atoms with van der Waals surface area (Å²) in [5.41, 5.74) is 0.454. The largest absolute Gasteiger partial charge is 0.477 e. The van der Waals surface area contributed by atoms with Gasteiger partial charge in [0.25, 0.3) is 0 Å². The van der Waals surface area contributed by atoms with E-state index in [2.05, 4.69) is 6.58 Å². The molecule has 0 spiro atoms. The average Bonchev–Trinajstić information content (AvgIpc) is 2.70. The van der Waals surface area contributed by atoms with Crippen molar-refractivity contribution in [2.75, 3.05) is 6.61 Å². The molecule has 1 rings (SSSR count). The molecule has 5 heteroatoms. The van der Waals surface area contributed by atoms with Gasteiger partial charge in [-0.15, -0.1) is 0 Å². The lowest BCUT2D eigenvalue weighted by Gasteiger charge is -2.13. The topological polar surface area (TPSA) is 35.5 Å². The summed E-state index contributed by atoms with van der Waals surface area (Å²) in [6.07, 6.45) is 4.11. The first-order chi connectivity index (χ1) is 8.49. The Bertz CT molecular complexity index is 328. The summed E-state index contributed by atoms with van der Waals surface area (Å²) < 4.78 is 11.1. The number of esters is 1. The van der Waals surface area contributed by atoms with Crippen LogP contribution < -0.4 is 0 Å². The summed E-state index contributed by atoms with van der Waals surface area (Å²) in [5, 5.41) is 0.505. The SMILES string of the molecule is C=C(C)C(=O)OC(C)CCCCC1COC(=S)S1. The van der Waals surface area contributed by atoms with Gasteiger partial charge >= 0.3 is 5.97 Å². The Balaban J connectivity index is 2.05. The summed E-state index contributed by atoms with van der Waals surface area (Å²) >= 11 is 6.61. The number of carbonyl (C=O) groups excluding carboxylic acids is 1. The van der Waals surface area contributed by atoms with Gasteiger partial charge in [-0.3, -0.25) is 0 Å². The van der Waals surface area contributed by atoms with Gasteiger partial charge in [-0.1, -0.05) is 24.8 Å². The molecule has 0 amide bonds. The molecule has 0 aromatic rings. The van der Waals surface area contributed by atoms with Crippen LogP contribution in [-0.4, -0.2) is 28.3 Å². The lowest BCUT2D eigenvalue weighted by atomic mass is 10.1. The van der Waals surface area contributed by atoms with Gasteiger partial charge in [0.15, 0.2) is 0 Å². The molecule has 0 radical (unpaired) electrons. The molecule has 0 aromatic carbocycles. The molecular formula is C13H20O3S2. The maximum Gasteiger partial charge on any atom is 0.333 e. The van der Waals surface area contributed by atoms with Crippen LogP contribution in [0.25, 0.3) is 0 Å². The first kappa shape index (κ1) is 15.5. The molecule has 1 fully saturated rings.